The summed E-state index contributed by atoms with van der Waals surface area (Å²) in [6, 6.07) is 5.85. The van der Waals surface area contributed by atoms with Gasteiger partial charge in [0.05, 0.1) is 5.41 Å². The first kappa shape index (κ1) is 14.9. The maximum Gasteiger partial charge on any atom is 0.431 e. The normalized spacial score (nSPS) is 18.5. The highest BCUT2D eigenvalue weighted by molar-refractivity contribution is 5.92. The Morgan fingerprint density at radius 2 is 1.86 bits per heavy atom. The Morgan fingerprint density at radius 1 is 1.18 bits per heavy atom. The van der Waals surface area contributed by atoms with Gasteiger partial charge in [-0.25, -0.2) is 0 Å². The number of halogens is 3. The van der Waals surface area contributed by atoms with Crippen LogP contribution in [0.5, 0.6) is 0 Å². The second-order valence-electron chi connectivity index (χ2n) is 5.90. The second kappa shape index (κ2) is 5.04. The Labute approximate surface area is 125 Å². The molecule has 0 saturated heterocycles. The van der Waals surface area contributed by atoms with Gasteiger partial charge in [0.2, 0.25) is 0 Å². The first-order chi connectivity index (χ1) is 10.3. The number of nitrogens with one attached hydrogen (secondary N) is 1. The Bertz CT molecular complexity index is 712. The molecule has 1 fully saturated rings. The molecule has 1 aliphatic carbocycles. The highest BCUT2D eigenvalue weighted by atomic mass is 19.4. The highest BCUT2D eigenvalue weighted by Crippen LogP contribution is 2.43. The van der Waals surface area contributed by atoms with E-state index in [0.29, 0.717) is 29.3 Å². The van der Waals surface area contributed by atoms with Gasteiger partial charge in [-0.3, -0.25) is 4.79 Å². The zero-order valence-corrected chi connectivity index (χ0v) is 11.8. The average molecular weight is 311 g/mol. The summed E-state index contributed by atoms with van der Waals surface area (Å²) in [6.45, 7) is 0. The van der Waals surface area contributed by atoms with Crippen LogP contribution in [0, 0.1) is 0 Å². The van der Waals surface area contributed by atoms with Gasteiger partial charge < -0.3 is 10.1 Å². The molecule has 0 atom stereocenters. The average Bonchev–Trinajstić information content (AvgIpc) is 2.91. The monoisotopic (exact) mass is 311 g/mol. The molecule has 1 heterocycles. The molecule has 6 heteroatoms. The van der Waals surface area contributed by atoms with Crippen molar-refractivity contribution in [1.82, 2.24) is 4.98 Å². The molecule has 3 nitrogen and oxygen atoms in total. The van der Waals surface area contributed by atoms with Crippen LogP contribution in [0.1, 0.15) is 43.4 Å². The number of benzene rings is 1. The molecule has 0 aliphatic heterocycles. The standard InChI is InChI=1S/C16H16F3NO2/c17-16(18,19)13-9-10-11(5-4-6-12(10)20-13)15(14(21)22)7-2-1-3-8-15/h4-6,9,20H,1-3,7-8H2,(H,21,22). The molecule has 1 aromatic carbocycles. The number of carboxylic acid groups (broad SMARTS) is 1. The molecule has 2 N–H and O–H groups in total. The summed E-state index contributed by atoms with van der Waals surface area (Å²) >= 11 is 0. The van der Waals surface area contributed by atoms with Crippen LogP contribution in [-0.2, 0) is 16.4 Å². The van der Waals surface area contributed by atoms with Gasteiger partial charge in [0.1, 0.15) is 5.69 Å². The van der Waals surface area contributed by atoms with Crippen molar-refractivity contribution >= 4 is 16.9 Å². The van der Waals surface area contributed by atoms with E-state index in [1.165, 1.54) is 0 Å². The Hall–Kier alpha value is -1.98. The molecule has 3 rings (SSSR count). The lowest BCUT2D eigenvalue weighted by Crippen LogP contribution is -2.37. The van der Waals surface area contributed by atoms with Crippen molar-refractivity contribution in [2.24, 2.45) is 0 Å². The van der Waals surface area contributed by atoms with Crippen molar-refractivity contribution in [3.05, 3.63) is 35.5 Å². The summed E-state index contributed by atoms with van der Waals surface area (Å²) in [5.74, 6) is -0.950. The van der Waals surface area contributed by atoms with Gasteiger partial charge in [-0.15, -0.1) is 0 Å². The Balaban J connectivity index is 2.21. The quantitative estimate of drug-likeness (QED) is 0.859. The molecule has 1 aliphatic rings. The third-order valence-electron chi connectivity index (χ3n) is 4.60. The van der Waals surface area contributed by atoms with E-state index < -0.39 is 23.3 Å². The van der Waals surface area contributed by atoms with E-state index in [2.05, 4.69) is 4.98 Å². The number of carbonyl (C=O) groups is 1. The Morgan fingerprint density at radius 3 is 2.45 bits per heavy atom. The maximum absolute atomic E-state index is 12.9. The van der Waals surface area contributed by atoms with Crippen molar-refractivity contribution in [3.63, 3.8) is 0 Å². The summed E-state index contributed by atoms with van der Waals surface area (Å²) in [4.78, 5) is 14.2. The third-order valence-corrected chi connectivity index (χ3v) is 4.60. The fraction of sp³-hybridized carbons (Fsp3) is 0.438. The zero-order valence-electron chi connectivity index (χ0n) is 11.8. The van der Waals surface area contributed by atoms with Crippen LogP contribution in [-0.4, -0.2) is 16.1 Å². The molecular formula is C16H16F3NO2. The summed E-state index contributed by atoms with van der Waals surface area (Å²) in [6.07, 6.45) is -1.02. The number of H-pyrrole nitrogens is 1. The number of carboxylic acids is 1. The van der Waals surface area contributed by atoms with Crippen LogP contribution < -0.4 is 0 Å². The van der Waals surface area contributed by atoms with Crippen LogP contribution in [0.15, 0.2) is 24.3 Å². The van der Waals surface area contributed by atoms with Crippen molar-refractivity contribution in [3.8, 4) is 0 Å². The van der Waals surface area contributed by atoms with E-state index in [4.69, 9.17) is 0 Å². The number of aromatic amines is 1. The molecule has 0 radical (unpaired) electrons. The predicted molar refractivity (Wildman–Crippen MR) is 75.7 cm³/mol. The molecule has 1 saturated carbocycles. The molecule has 0 unspecified atom stereocenters. The third kappa shape index (κ3) is 2.26. The molecule has 22 heavy (non-hydrogen) atoms. The topological polar surface area (TPSA) is 53.1 Å². The summed E-state index contributed by atoms with van der Waals surface area (Å²) in [7, 11) is 0. The fourth-order valence-corrected chi connectivity index (χ4v) is 3.48. The molecule has 0 spiro atoms. The zero-order chi connectivity index (χ0) is 16.0. The maximum atomic E-state index is 12.9. The van der Waals surface area contributed by atoms with Gasteiger partial charge in [0, 0.05) is 10.9 Å². The Kier molecular flexibility index (Phi) is 3.42. The van der Waals surface area contributed by atoms with Crippen LogP contribution in [0.4, 0.5) is 13.2 Å². The molecule has 118 valence electrons. The highest BCUT2D eigenvalue weighted by Gasteiger charge is 2.43. The molecule has 2 aromatic rings. The number of hydrogen-bond donors (Lipinski definition) is 2. The van der Waals surface area contributed by atoms with Gasteiger partial charge in [-0.05, 0) is 30.5 Å². The number of hydrogen-bond acceptors (Lipinski definition) is 1. The van der Waals surface area contributed by atoms with Gasteiger partial charge in [-0.1, -0.05) is 31.4 Å². The second-order valence-corrected chi connectivity index (χ2v) is 5.90. The SMILES string of the molecule is O=C(O)C1(c2cccc3[nH]c(C(F)(F)F)cc23)CCCCC1. The summed E-state index contributed by atoms with van der Waals surface area (Å²) in [5.41, 5.74) is -1.10. The predicted octanol–water partition coefficient (Wildman–Crippen LogP) is 4.47. The fourth-order valence-electron chi connectivity index (χ4n) is 3.48. The molecule has 1 aromatic heterocycles. The van der Waals surface area contributed by atoms with Gasteiger partial charge in [0.15, 0.2) is 0 Å². The van der Waals surface area contributed by atoms with Crippen LogP contribution >= 0.6 is 0 Å². The van der Waals surface area contributed by atoms with Gasteiger partial charge in [0.25, 0.3) is 0 Å². The summed E-state index contributed by atoms with van der Waals surface area (Å²) in [5, 5.41) is 10.1. The van der Waals surface area contributed by atoms with E-state index in [9.17, 15) is 23.1 Å². The van der Waals surface area contributed by atoms with Crippen molar-refractivity contribution in [1.29, 1.82) is 0 Å². The molecule has 0 amide bonds. The largest absolute Gasteiger partial charge is 0.481 e. The van der Waals surface area contributed by atoms with Crippen molar-refractivity contribution < 1.29 is 23.1 Å². The van der Waals surface area contributed by atoms with Gasteiger partial charge >= 0.3 is 12.1 Å². The van der Waals surface area contributed by atoms with E-state index >= 15 is 0 Å². The lowest BCUT2D eigenvalue weighted by molar-refractivity contribution is -0.145. The van der Waals surface area contributed by atoms with E-state index in [0.717, 1.165) is 25.3 Å². The number of aliphatic carboxylic acids is 1. The first-order valence-corrected chi connectivity index (χ1v) is 7.27. The molecule has 0 bridgehead atoms. The minimum absolute atomic E-state index is 0.330. The minimum atomic E-state index is -4.47. The van der Waals surface area contributed by atoms with Crippen LogP contribution in [0.25, 0.3) is 10.9 Å². The number of fused-ring (bicyclic) bond motifs is 1. The van der Waals surface area contributed by atoms with E-state index in [1.807, 2.05) is 0 Å². The van der Waals surface area contributed by atoms with Gasteiger partial charge in [-0.2, -0.15) is 13.2 Å². The van der Waals surface area contributed by atoms with Crippen molar-refractivity contribution in [2.45, 2.75) is 43.7 Å². The lowest BCUT2D eigenvalue weighted by atomic mass is 9.68. The van der Waals surface area contributed by atoms with E-state index in [-0.39, 0.29) is 0 Å². The molecular weight excluding hydrogens is 295 g/mol. The van der Waals surface area contributed by atoms with Crippen LogP contribution in [0.3, 0.4) is 0 Å². The summed E-state index contributed by atoms with van der Waals surface area (Å²) < 4.78 is 38.7. The first-order valence-electron chi connectivity index (χ1n) is 7.27. The van der Waals surface area contributed by atoms with Crippen LogP contribution in [0.2, 0.25) is 0 Å². The van der Waals surface area contributed by atoms with E-state index in [1.54, 1.807) is 18.2 Å². The minimum Gasteiger partial charge on any atom is -0.481 e. The number of rotatable bonds is 2. The lowest BCUT2D eigenvalue weighted by Gasteiger charge is -2.34. The van der Waals surface area contributed by atoms with Crippen molar-refractivity contribution in [2.75, 3.05) is 0 Å². The smallest absolute Gasteiger partial charge is 0.431 e. The number of alkyl halides is 3. The number of aromatic nitrogens is 1.